The number of hydrogen-bond acceptors (Lipinski definition) is 5. The third-order valence-corrected chi connectivity index (χ3v) is 5.61. The highest BCUT2D eigenvalue weighted by molar-refractivity contribution is 7.00. The van der Waals surface area contributed by atoms with Crippen molar-refractivity contribution in [2.24, 2.45) is 11.8 Å². The lowest BCUT2D eigenvalue weighted by molar-refractivity contribution is -0.109. The Hall–Kier alpha value is -2.27. The molecule has 27 heavy (non-hydrogen) atoms. The second-order valence-electron chi connectivity index (χ2n) is 7.85. The summed E-state index contributed by atoms with van der Waals surface area (Å²) in [7, 11) is 0. The van der Waals surface area contributed by atoms with E-state index in [0.717, 1.165) is 52.8 Å². The standard InChI is InChI=1S/C22H24N2O2S/c1-14(2)9-18(12-25)16-6-8-22(26-13-15-3-4-15)19(10-16)17-5-7-20-21(11-17)24-27-23-20/h5-8,10-12,14-15,18H,3-4,9,13H2,1-2H3. The Balaban J connectivity index is 1.73. The van der Waals surface area contributed by atoms with E-state index in [4.69, 9.17) is 4.74 Å². The molecule has 0 aliphatic heterocycles. The number of aldehydes is 1. The summed E-state index contributed by atoms with van der Waals surface area (Å²) in [5, 5.41) is 0. The second kappa shape index (κ2) is 7.77. The highest BCUT2D eigenvalue weighted by Gasteiger charge is 2.23. The summed E-state index contributed by atoms with van der Waals surface area (Å²) < 4.78 is 14.8. The molecule has 1 atom stereocenters. The van der Waals surface area contributed by atoms with Gasteiger partial charge in [0.2, 0.25) is 0 Å². The molecule has 0 spiro atoms. The third-order valence-electron chi connectivity index (χ3n) is 5.06. The Morgan fingerprint density at radius 2 is 1.96 bits per heavy atom. The zero-order valence-electron chi connectivity index (χ0n) is 15.7. The third kappa shape index (κ3) is 4.19. The van der Waals surface area contributed by atoms with E-state index in [9.17, 15) is 4.79 Å². The molecular weight excluding hydrogens is 356 g/mol. The van der Waals surface area contributed by atoms with Gasteiger partial charge in [0.25, 0.3) is 0 Å². The lowest BCUT2D eigenvalue weighted by Gasteiger charge is -2.17. The van der Waals surface area contributed by atoms with Crippen LogP contribution in [0.4, 0.5) is 0 Å². The van der Waals surface area contributed by atoms with E-state index >= 15 is 0 Å². The van der Waals surface area contributed by atoms with Gasteiger partial charge < -0.3 is 9.53 Å². The molecule has 1 unspecified atom stereocenters. The summed E-state index contributed by atoms with van der Waals surface area (Å²) in [5.74, 6) is 1.94. The molecule has 1 aliphatic carbocycles. The number of fused-ring (bicyclic) bond motifs is 1. The number of aromatic nitrogens is 2. The van der Waals surface area contributed by atoms with Crippen molar-refractivity contribution in [3.05, 3.63) is 42.0 Å². The average Bonchev–Trinajstić information content (AvgIpc) is 3.38. The van der Waals surface area contributed by atoms with E-state index < -0.39 is 0 Å². The van der Waals surface area contributed by atoms with Gasteiger partial charge in [-0.3, -0.25) is 0 Å². The second-order valence-corrected chi connectivity index (χ2v) is 8.38. The summed E-state index contributed by atoms with van der Waals surface area (Å²) in [4.78, 5) is 11.7. The minimum Gasteiger partial charge on any atom is -0.493 e. The number of carbonyl (C=O) groups is 1. The van der Waals surface area contributed by atoms with E-state index in [1.54, 1.807) is 0 Å². The maximum Gasteiger partial charge on any atom is 0.127 e. The fourth-order valence-electron chi connectivity index (χ4n) is 3.35. The van der Waals surface area contributed by atoms with Crippen molar-refractivity contribution in [1.82, 2.24) is 8.75 Å². The van der Waals surface area contributed by atoms with E-state index in [0.29, 0.717) is 11.8 Å². The molecule has 0 saturated heterocycles. The summed E-state index contributed by atoms with van der Waals surface area (Å²) in [5.41, 5.74) is 4.93. The van der Waals surface area contributed by atoms with E-state index in [-0.39, 0.29) is 5.92 Å². The zero-order chi connectivity index (χ0) is 18.8. The first kappa shape index (κ1) is 18.1. The molecule has 1 heterocycles. The number of hydrogen-bond donors (Lipinski definition) is 0. The van der Waals surface area contributed by atoms with Crippen LogP contribution in [-0.2, 0) is 4.79 Å². The molecule has 1 aromatic heterocycles. The van der Waals surface area contributed by atoms with E-state index in [2.05, 4.69) is 40.8 Å². The Morgan fingerprint density at radius 1 is 1.15 bits per heavy atom. The number of benzene rings is 2. The van der Waals surface area contributed by atoms with Gasteiger partial charge in [0, 0.05) is 11.5 Å². The molecule has 1 aliphatic rings. The molecule has 0 amide bonds. The van der Waals surface area contributed by atoms with Crippen molar-refractivity contribution in [1.29, 1.82) is 0 Å². The van der Waals surface area contributed by atoms with Crippen LogP contribution in [0.2, 0.25) is 0 Å². The highest BCUT2D eigenvalue weighted by atomic mass is 32.1. The Bertz CT molecular complexity index is 946. The van der Waals surface area contributed by atoms with Gasteiger partial charge in [-0.15, -0.1) is 0 Å². The molecule has 4 nitrogen and oxygen atoms in total. The molecule has 3 aromatic rings. The van der Waals surface area contributed by atoms with Crippen molar-refractivity contribution >= 4 is 29.0 Å². The van der Waals surface area contributed by atoms with Crippen molar-refractivity contribution < 1.29 is 9.53 Å². The largest absolute Gasteiger partial charge is 0.493 e. The van der Waals surface area contributed by atoms with Crippen LogP contribution in [0, 0.1) is 11.8 Å². The van der Waals surface area contributed by atoms with Crippen LogP contribution in [0.5, 0.6) is 5.75 Å². The molecule has 1 saturated carbocycles. The first-order chi connectivity index (χ1) is 13.1. The fraction of sp³-hybridized carbons (Fsp3) is 0.409. The van der Waals surface area contributed by atoms with Crippen molar-refractivity contribution in [3.63, 3.8) is 0 Å². The first-order valence-electron chi connectivity index (χ1n) is 9.58. The summed E-state index contributed by atoms with van der Waals surface area (Å²) in [6.07, 6.45) is 4.43. The fourth-order valence-corrected chi connectivity index (χ4v) is 3.87. The predicted molar refractivity (Wildman–Crippen MR) is 109 cm³/mol. The van der Waals surface area contributed by atoms with Gasteiger partial charge in [-0.05, 0) is 66.5 Å². The number of carbonyl (C=O) groups excluding carboxylic acids is 1. The van der Waals surface area contributed by atoms with Gasteiger partial charge in [-0.1, -0.05) is 26.0 Å². The van der Waals surface area contributed by atoms with E-state index in [1.165, 1.54) is 24.6 Å². The van der Waals surface area contributed by atoms with Crippen LogP contribution in [-0.4, -0.2) is 21.6 Å². The van der Waals surface area contributed by atoms with Gasteiger partial charge in [0.05, 0.1) is 18.3 Å². The maximum atomic E-state index is 11.7. The van der Waals surface area contributed by atoms with Gasteiger partial charge >= 0.3 is 0 Å². The Morgan fingerprint density at radius 3 is 2.70 bits per heavy atom. The summed E-state index contributed by atoms with van der Waals surface area (Å²) in [6, 6.07) is 12.3. The van der Waals surface area contributed by atoms with Crippen LogP contribution in [0.3, 0.4) is 0 Å². The van der Waals surface area contributed by atoms with Gasteiger partial charge in [0.1, 0.15) is 23.1 Å². The minimum atomic E-state index is -0.0918. The predicted octanol–water partition coefficient (Wildman–Crippen LogP) is 5.48. The molecule has 140 valence electrons. The quantitative estimate of drug-likeness (QED) is 0.486. The van der Waals surface area contributed by atoms with Crippen molar-refractivity contribution in [2.75, 3.05) is 6.61 Å². The Labute approximate surface area is 163 Å². The molecule has 4 rings (SSSR count). The molecule has 2 aromatic carbocycles. The lowest BCUT2D eigenvalue weighted by Crippen LogP contribution is -2.06. The molecule has 0 radical (unpaired) electrons. The van der Waals surface area contributed by atoms with Crippen LogP contribution in [0.25, 0.3) is 22.2 Å². The summed E-state index contributed by atoms with van der Waals surface area (Å²) in [6.45, 7) is 5.05. The molecule has 1 fully saturated rings. The van der Waals surface area contributed by atoms with Crippen LogP contribution in [0.1, 0.15) is 44.6 Å². The highest BCUT2D eigenvalue weighted by Crippen LogP contribution is 2.37. The van der Waals surface area contributed by atoms with Gasteiger partial charge in [-0.25, -0.2) is 0 Å². The number of rotatable bonds is 8. The Kier molecular flexibility index (Phi) is 5.21. The van der Waals surface area contributed by atoms with E-state index in [1.807, 2.05) is 18.2 Å². The molecule has 0 bridgehead atoms. The smallest absolute Gasteiger partial charge is 0.127 e. The molecule has 5 heteroatoms. The SMILES string of the molecule is CC(C)CC(C=O)c1ccc(OCC2CC2)c(-c2ccc3nsnc3c2)c1. The summed E-state index contributed by atoms with van der Waals surface area (Å²) >= 11 is 1.22. The first-order valence-corrected chi connectivity index (χ1v) is 10.3. The average molecular weight is 381 g/mol. The monoisotopic (exact) mass is 380 g/mol. The van der Waals surface area contributed by atoms with Crippen LogP contribution >= 0.6 is 11.7 Å². The molecular formula is C22H24N2O2S. The topological polar surface area (TPSA) is 52.1 Å². The van der Waals surface area contributed by atoms with Crippen LogP contribution in [0.15, 0.2) is 36.4 Å². The normalized spacial score (nSPS) is 15.2. The number of ether oxygens (including phenoxy) is 1. The zero-order valence-corrected chi connectivity index (χ0v) is 16.5. The van der Waals surface area contributed by atoms with Gasteiger partial charge in [0.15, 0.2) is 0 Å². The maximum absolute atomic E-state index is 11.7. The molecule has 0 N–H and O–H groups in total. The number of nitrogens with zero attached hydrogens (tertiary/aromatic N) is 2. The van der Waals surface area contributed by atoms with Crippen molar-refractivity contribution in [3.8, 4) is 16.9 Å². The lowest BCUT2D eigenvalue weighted by atomic mass is 9.89. The van der Waals surface area contributed by atoms with Crippen molar-refractivity contribution in [2.45, 2.75) is 39.0 Å². The minimum absolute atomic E-state index is 0.0918. The van der Waals surface area contributed by atoms with Gasteiger partial charge in [-0.2, -0.15) is 8.75 Å². The van der Waals surface area contributed by atoms with Crippen LogP contribution < -0.4 is 4.74 Å².